The maximum absolute atomic E-state index is 11.0. The number of likely N-dealkylation sites (N-methyl/N-ethyl adjacent to an activating group) is 1. The number of aliphatic carboxylic acids is 1. The Labute approximate surface area is 113 Å². The van der Waals surface area contributed by atoms with Crippen molar-refractivity contribution >= 4 is 5.97 Å². The van der Waals surface area contributed by atoms with Gasteiger partial charge >= 0.3 is 5.97 Å². The van der Waals surface area contributed by atoms with Crippen LogP contribution in [0, 0.1) is 5.92 Å². The molecule has 4 nitrogen and oxygen atoms in total. The van der Waals surface area contributed by atoms with Crippen molar-refractivity contribution in [3.05, 3.63) is 35.4 Å². The number of benzene rings is 1. The third kappa shape index (κ3) is 2.51. The molecule has 2 N–H and O–H groups in total. The molecule has 2 atom stereocenters. The number of likely N-dealkylation sites (tertiary alicyclic amines) is 1. The van der Waals surface area contributed by atoms with Crippen LogP contribution in [0.2, 0.25) is 0 Å². The Hall–Kier alpha value is -1.39. The Balaban J connectivity index is 1.71. The molecule has 2 aliphatic heterocycles. The summed E-state index contributed by atoms with van der Waals surface area (Å²) in [6.45, 7) is 2.83. The van der Waals surface area contributed by atoms with E-state index in [1.54, 1.807) is 0 Å². The molecule has 4 heteroatoms. The fourth-order valence-corrected chi connectivity index (χ4v) is 3.12. The van der Waals surface area contributed by atoms with Crippen molar-refractivity contribution in [1.29, 1.82) is 0 Å². The second-order valence-electron chi connectivity index (χ2n) is 5.82. The SMILES string of the molecule is CN1CC(c2cccc(C3CC(C(=O)O)CN3)c2)C1. The van der Waals surface area contributed by atoms with Gasteiger partial charge in [0.2, 0.25) is 0 Å². The van der Waals surface area contributed by atoms with Crippen molar-refractivity contribution in [2.45, 2.75) is 18.4 Å². The zero-order chi connectivity index (χ0) is 13.4. The normalized spacial score (nSPS) is 28.3. The first-order chi connectivity index (χ1) is 9.13. The monoisotopic (exact) mass is 260 g/mol. The number of rotatable bonds is 3. The zero-order valence-electron chi connectivity index (χ0n) is 11.2. The highest BCUT2D eigenvalue weighted by atomic mass is 16.4. The molecular weight excluding hydrogens is 240 g/mol. The van der Waals surface area contributed by atoms with Crippen LogP contribution in [-0.4, -0.2) is 42.7 Å². The lowest BCUT2D eigenvalue weighted by Crippen LogP contribution is -2.41. The highest BCUT2D eigenvalue weighted by Crippen LogP contribution is 2.31. The van der Waals surface area contributed by atoms with Gasteiger partial charge in [-0.15, -0.1) is 0 Å². The first-order valence-corrected chi connectivity index (χ1v) is 6.88. The van der Waals surface area contributed by atoms with Crippen LogP contribution >= 0.6 is 0 Å². The minimum Gasteiger partial charge on any atom is -0.481 e. The molecule has 3 rings (SSSR count). The summed E-state index contributed by atoms with van der Waals surface area (Å²) in [5, 5.41) is 12.4. The summed E-state index contributed by atoms with van der Waals surface area (Å²) >= 11 is 0. The van der Waals surface area contributed by atoms with E-state index in [1.165, 1.54) is 11.1 Å². The average molecular weight is 260 g/mol. The Morgan fingerprint density at radius 2 is 2.11 bits per heavy atom. The summed E-state index contributed by atoms with van der Waals surface area (Å²) < 4.78 is 0. The van der Waals surface area contributed by atoms with Gasteiger partial charge in [-0.3, -0.25) is 4.79 Å². The lowest BCUT2D eigenvalue weighted by Gasteiger charge is -2.36. The van der Waals surface area contributed by atoms with Crippen molar-refractivity contribution in [2.24, 2.45) is 5.92 Å². The van der Waals surface area contributed by atoms with Gasteiger partial charge in [0.25, 0.3) is 0 Å². The van der Waals surface area contributed by atoms with E-state index in [2.05, 4.69) is 41.5 Å². The number of hydrogen-bond donors (Lipinski definition) is 2. The third-order valence-electron chi connectivity index (χ3n) is 4.33. The number of carbonyl (C=O) groups is 1. The standard InChI is InChI=1S/C15H20N2O2/c1-17-8-13(9-17)10-3-2-4-11(5-10)14-6-12(7-16-14)15(18)19/h2-5,12-14,16H,6-9H2,1H3,(H,18,19). The summed E-state index contributed by atoms with van der Waals surface area (Å²) in [6.07, 6.45) is 0.698. The number of nitrogens with one attached hydrogen (secondary N) is 1. The molecule has 0 aliphatic carbocycles. The van der Waals surface area contributed by atoms with Crippen LogP contribution < -0.4 is 5.32 Å². The summed E-state index contributed by atoms with van der Waals surface area (Å²) in [7, 11) is 2.14. The van der Waals surface area contributed by atoms with Crippen LogP contribution in [0.25, 0.3) is 0 Å². The van der Waals surface area contributed by atoms with Crippen LogP contribution in [0.4, 0.5) is 0 Å². The summed E-state index contributed by atoms with van der Waals surface area (Å²) in [5.74, 6) is -0.295. The van der Waals surface area contributed by atoms with Gasteiger partial charge in [0, 0.05) is 31.6 Å². The molecule has 19 heavy (non-hydrogen) atoms. The van der Waals surface area contributed by atoms with E-state index in [0.29, 0.717) is 18.9 Å². The van der Waals surface area contributed by atoms with Crippen LogP contribution in [-0.2, 0) is 4.79 Å². The maximum atomic E-state index is 11.0. The van der Waals surface area contributed by atoms with E-state index in [4.69, 9.17) is 5.11 Å². The summed E-state index contributed by atoms with van der Waals surface area (Å²) in [5.41, 5.74) is 2.62. The average Bonchev–Trinajstić information content (AvgIpc) is 2.85. The molecule has 2 aliphatic rings. The molecule has 2 heterocycles. The molecule has 1 aromatic carbocycles. The van der Waals surface area contributed by atoms with Crippen LogP contribution in [0.15, 0.2) is 24.3 Å². The van der Waals surface area contributed by atoms with Gasteiger partial charge in [0.1, 0.15) is 0 Å². The van der Waals surface area contributed by atoms with Crippen LogP contribution in [0.3, 0.4) is 0 Å². The first-order valence-electron chi connectivity index (χ1n) is 6.88. The quantitative estimate of drug-likeness (QED) is 0.863. The van der Waals surface area contributed by atoms with Crippen molar-refractivity contribution in [3.8, 4) is 0 Å². The molecule has 2 fully saturated rings. The van der Waals surface area contributed by atoms with E-state index >= 15 is 0 Å². The molecule has 0 radical (unpaired) electrons. The molecule has 2 saturated heterocycles. The molecule has 0 amide bonds. The second kappa shape index (κ2) is 4.94. The zero-order valence-corrected chi connectivity index (χ0v) is 11.2. The summed E-state index contributed by atoms with van der Waals surface area (Å²) in [6, 6.07) is 8.83. The first kappa shape index (κ1) is 12.6. The van der Waals surface area contributed by atoms with Crippen molar-refractivity contribution < 1.29 is 9.90 Å². The van der Waals surface area contributed by atoms with Gasteiger partial charge in [-0.2, -0.15) is 0 Å². The topological polar surface area (TPSA) is 52.6 Å². The van der Waals surface area contributed by atoms with Crippen LogP contribution in [0.1, 0.15) is 29.5 Å². The molecule has 1 aromatic rings. The molecular formula is C15H20N2O2. The van der Waals surface area contributed by atoms with Gasteiger partial charge in [-0.25, -0.2) is 0 Å². The van der Waals surface area contributed by atoms with E-state index in [0.717, 1.165) is 13.1 Å². The van der Waals surface area contributed by atoms with E-state index in [1.807, 2.05) is 0 Å². The fourth-order valence-electron chi connectivity index (χ4n) is 3.12. The van der Waals surface area contributed by atoms with Crippen LogP contribution in [0.5, 0.6) is 0 Å². The number of carboxylic acids is 1. The highest BCUT2D eigenvalue weighted by molar-refractivity contribution is 5.70. The molecule has 0 spiro atoms. The van der Waals surface area contributed by atoms with Gasteiger partial charge in [0.05, 0.1) is 5.92 Å². The fraction of sp³-hybridized carbons (Fsp3) is 0.533. The Bertz CT molecular complexity index is 483. The van der Waals surface area contributed by atoms with Gasteiger partial charge in [-0.1, -0.05) is 24.3 Å². The van der Waals surface area contributed by atoms with Crippen molar-refractivity contribution in [3.63, 3.8) is 0 Å². The maximum Gasteiger partial charge on any atom is 0.307 e. The Kier molecular flexibility index (Phi) is 3.29. The lowest BCUT2D eigenvalue weighted by atomic mass is 9.89. The Morgan fingerprint density at radius 1 is 1.37 bits per heavy atom. The molecule has 0 saturated carbocycles. The predicted molar refractivity (Wildman–Crippen MR) is 73.2 cm³/mol. The minimum absolute atomic E-state index is 0.193. The second-order valence-corrected chi connectivity index (χ2v) is 5.82. The number of carboxylic acid groups (broad SMARTS) is 1. The Morgan fingerprint density at radius 3 is 2.74 bits per heavy atom. The minimum atomic E-state index is -0.688. The number of hydrogen-bond acceptors (Lipinski definition) is 3. The van der Waals surface area contributed by atoms with Gasteiger partial charge in [-0.05, 0) is 24.6 Å². The predicted octanol–water partition coefficient (Wildman–Crippen LogP) is 1.45. The third-order valence-corrected chi connectivity index (χ3v) is 4.33. The van der Waals surface area contributed by atoms with E-state index in [9.17, 15) is 4.79 Å². The molecule has 0 aromatic heterocycles. The lowest BCUT2D eigenvalue weighted by molar-refractivity contribution is -0.141. The van der Waals surface area contributed by atoms with Gasteiger partial charge < -0.3 is 15.3 Å². The van der Waals surface area contributed by atoms with E-state index in [-0.39, 0.29) is 12.0 Å². The number of nitrogens with zero attached hydrogens (tertiary/aromatic N) is 1. The van der Waals surface area contributed by atoms with Gasteiger partial charge in [0.15, 0.2) is 0 Å². The largest absolute Gasteiger partial charge is 0.481 e. The van der Waals surface area contributed by atoms with E-state index < -0.39 is 5.97 Å². The summed E-state index contributed by atoms with van der Waals surface area (Å²) in [4.78, 5) is 13.3. The molecule has 102 valence electrons. The molecule has 2 unspecified atom stereocenters. The highest BCUT2D eigenvalue weighted by Gasteiger charge is 2.31. The molecule has 0 bridgehead atoms. The van der Waals surface area contributed by atoms with Crippen molar-refractivity contribution in [2.75, 3.05) is 26.7 Å². The van der Waals surface area contributed by atoms with Crippen molar-refractivity contribution in [1.82, 2.24) is 10.2 Å². The smallest absolute Gasteiger partial charge is 0.307 e.